The first-order valence-corrected chi connectivity index (χ1v) is 16.2. The summed E-state index contributed by atoms with van der Waals surface area (Å²) in [5.41, 5.74) is 12.6. The van der Waals surface area contributed by atoms with E-state index in [4.69, 9.17) is 31.5 Å². The van der Waals surface area contributed by atoms with Crippen LogP contribution in [-0.4, -0.2) is 32.1 Å². The van der Waals surface area contributed by atoms with E-state index in [-0.39, 0.29) is 29.9 Å². The van der Waals surface area contributed by atoms with E-state index in [1.807, 2.05) is 52.0 Å². The van der Waals surface area contributed by atoms with Gasteiger partial charge in [0, 0.05) is 35.5 Å². The van der Waals surface area contributed by atoms with Gasteiger partial charge >= 0.3 is 11.9 Å². The van der Waals surface area contributed by atoms with Crippen LogP contribution in [0.4, 0.5) is 0 Å². The largest absolute Gasteiger partial charge is 0.657 e. The van der Waals surface area contributed by atoms with Crippen LogP contribution >= 0.6 is 11.6 Å². The van der Waals surface area contributed by atoms with Crippen molar-refractivity contribution in [3.05, 3.63) is 124 Å². The van der Waals surface area contributed by atoms with Crippen molar-refractivity contribution in [3.63, 3.8) is 0 Å². The number of aryl methyl sites for hydroxylation is 3. The molecule has 2 aliphatic rings. The minimum atomic E-state index is -0.898. The molecule has 2 N–H and O–H groups in total. The first kappa shape index (κ1) is 37.9. The number of hydrogen-bond donors (Lipinski definition) is 2. The fourth-order valence-electron chi connectivity index (χ4n) is 5.98. The van der Waals surface area contributed by atoms with E-state index in [0.717, 1.165) is 66.3 Å². The number of benzene rings is 1. The average molecular weight is 728 g/mol. The van der Waals surface area contributed by atoms with Gasteiger partial charge in [-0.15, -0.1) is 33.7 Å². The maximum atomic E-state index is 11.5. The molecule has 0 saturated carbocycles. The van der Waals surface area contributed by atoms with Crippen molar-refractivity contribution in [2.45, 2.75) is 53.4 Å². The summed E-state index contributed by atoms with van der Waals surface area (Å²) in [5.74, 6) is -1.80. The second kappa shape index (κ2) is 16.2. The number of allylic oxidation sites excluding steroid dienone is 5. The summed E-state index contributed by atoms with van der Waals surface area (Å²) in [6, 6.07) is 17.6. The zero-order chi connectivity index (χ0) is 35.4. The molecule has 5 heterocycles. The molecular formula is C40H36ClFeN4O4-3. The van der Waals surface area contributed by atoms with Crippen LogP contribution in [-0.2, 0) is 33.1 Å². The van der Waals surface area contributed by atoms with Crippen LogP contribution < -0.4 is 9.97 Å². The van der Waals surface area contributed by atoms with Gasteiger partial charge in [-0.1, -0.05) is 71.3 Å². The molecule has 0 amide bonds. The molecule has 4 aromatic rings. The Morgan fingerprint density at radius 3 is 1.90 bits per heavy atom. The van der Waals surface area contributed by atoms with Crippen LogP contribution in [0.25, 0.3) is 50.4 Å². The molecule has 0 atom stereocenters. The fourth-order valence-corrected chi connectivity index (χ4v) is 6.11. The van der Waals surface area contributed by atoms with Crippen LogP contribution in [0.3, 0.4) is 0 Å². The number of carbonyl (C=O) groups is 2. The smallest absolute Gasteiger partial charge is 0.303 e. The van der Waals surface area contributed by atoms with E-state index in [2.05, 4.69) is 19.2 Å². The zero-order valence-corrected chi connectivity index (χ0v) is 30.1. The summed E-state index contributed by atoms with van der Waals surface area (Å²) in [5, 5.41) is 19.6. The number of carboxylic acid groups (broad SMARTS) is 2. The molecule has 258 valence electrons. The van der Waals surface area contributed by atoms with Gasteiger partial charge in [-0.3, -0.25) is 9.59 Å². The number of hydrogen-bond acceptors (Lipinski definition) is 4. The molecule has 2 aliphatic heterocycles. The summed E-state index contributed by atoms with van der Waals surface area (Å²) < 4.78 is 0. The molecule has 8 nitrogen and oxygen atoms in total. The molecular weight excluding hydrogens is 692 g/mol. The molecule has 8 bridgehead atoms. The summed E-state index contributed by atoms with van der Waals surface area (Å²) in [6.45, 7) is 15.9. The third-order valence-corrected chi connectivity index (χ3v) is 8.99. The maximum Gasteiger partial charge on any atom is 0.303 e. The predicted octanol–water partition coefficient (Wildman–Crippen LogP) is 8.90. The van der Waals surface area contributed by atoms with Crippen molar-refractivity contribution >= 4 is 74.0 Å². The standard InChI is InChI=1S/C34H34N4O4.C6H4Cl.Fe/c1-7-21-17(3)25-13-26-19(5)23(9-11-33(39)40)31(37-26)16-32-24(10-12-34(41)42)20(6)28(38-32)15-30-22(8-2)18(4)27(36-30)14-29(21)35-25;7-6-4-2-1-3-5-6;/h7-8,13-16H,1-2,9-12H2,3-6H3,(H4,35,36,37,38,39,40,41,42);2-5H;/q;-1;/p-2. The molecule has 0 aliphatic carbocycles. The number of aliphatic carboxylic acids is 2. The predicted molar refractivity (Wildman–Crippen MR) is 197 cm³/mol. The molecule has 0 unspecified atom stereocenters. The van der Waals surface area contributed by atoms with Gasteiger partial charge in [0.1, 0.15) is 0 Å². The summed E-state index contributed by atoms with van der Waals surface area (Å²) in [4.78, 5) is 42.7. The van der Waals surface area contributed by atoms with Gasteiger partial charge in [0.05, 0.1) is 22.8 Å². The summed E-state index contributed by atoms with van der Waals surface area (Å²) >= 11 is 5.52. The molecule has 10 heteroatoms. The Kier molecular flexibility index (Phi) is 12.2. The third kappa shape index (κ3) is 8.08. The molecule has 0 spiro atoms. The topological polar surface area (TPSA) is 129 Å². The van der Waals surface area contributed by atoms with Crippen molar-refractivity contribution in [2.75, 3.05) is 0 Å². The molecule has 0 radical (unpaired) electrons. The van der Waals surface area contributed by atoms with E-state index in [0.29, 0.717) is 41.0 Å². The van der Waals surface area contributed by atoms with Gasteiger partial charge in [0.15, 0.2) is 0 Å². The molecule has 6 rings (SSSR count). The van der Waals surface area contributed by atoms with E-state index in [1.54, 1.807) is 36.4 Å². The van der Waals surface area contributed by atoms with Crippen molar-refractivity contribution in [3.8, 4) is 0 Å². The maximum absolute atomic E-state index is 11.5. The minimum Gasteiger partial charge on any atom is -0.657 e. The van der Waals surface area contributed by atoms with Crippen LogP contribution in [0.15, 0.2) is 67.8 Å². The second-order valence-corrected chi connectivity index (χ2v) is 12.2. The van der Waals surface area contributed by atoms with E-state index in [9.17, 15) is 19.8 Å². The van der Waals surface area contributed by atoms with Gasteiger partial charge in [-0.25, -0.2) is 9.97 Å². The van der Waals surface area contributed by atoms with E-state index < -0.39 is 11.9 Å². The van der Waals surface area contributed by atoms with Gasteiger partial charge in [0.25, 0.3) is 0 Å². The number of nitrogens with zero attached hydrogens (tertiary/aromatic N) is 4. The Morgan fingerprint density at radius 1 is 0.760 bits per heavy atom. The Hall–Kier alpha value is -4.95. The Labute approximate surface area is 306 Å². The fraction of sp³-hybridized carbons (Fsp3) is 0.200. The summed E-state index contributed by atoms with van der Waals surface area (Å²) in [7, 11) is 0. The molecule has 3 aromatic heterocycles. The van der Waals surface area contributed by atoms with Crippen LogP contribution in [0.5, 0.6) is 0 Å². The minimum absolute atomic E-state index is 0. The molecule has 1 aromatic carbocycles. The molecule has 0 saturated heterocycles. The molecule has 50 heavy (non-hydrogen) atoms. The third-order valence-electron chi connectivity index (χ3n) is 8.74. The zero-order valence-electron chi connectivity index (χ0n) is 28.2. The summed E-state index contributed by atoms with van der Waals surface area (Å²) in [6.07, 6.45) is 4.06. The molecule has 0 fully saturated rings. The van der Waals surface area contributed by atoms with Gasteiger partial charge < -0.3 is 20.2 Å². The second-order valence-electron chi connectivity index (χ2n) is 11.8. The number of rotatable bonds is 8. The normalized spacial score (nSPS) is 12.2. The van der Waals surface area contributed by atoms with Gasteiger partial charge in [0.2, 0.25) is 0 Å². The van der Waals surface area contributed by atoms with Crippen molar-refractivity contribution in [1.82, 2.24) is 19.9 Å². The number of halogens is 1. The van der Waals surface area contributed by atoms with Crippen molar-refractivity contribution in [1.29, 1.82) is 0 Å². The van der Waals surface area contributed by atoms with Crippen molar-refractivity contribution < 1.29 is 36.9 Å². The monoisotopic (exact) mass is 727 g/mol. The van der Waals surface area contributed by atoms with Crippen LogP contribution in [0.1, 0.15) is 78.1 Å². The van der Waals surface area contributed by atoms with Crippen molar-refractivity contribution in [2.24, 2.45) is 0 Å². The van der Waals surface area contributed by atoms with Crippen LogP contribution in [0.2, 0.25) is 5.02 Å². The number of carboxylic acids is 2. The van der Waals surface area contributed by atoms with E-state index >= 15 is 0 Å². The average Bonchev–Trinajstić information content (AvgIpc) is 3.72. The number of aromatic nitrogens is 4. The van der Waals surface area contributed by atoms with Gasteiger partial charge in [-0.2, -0.15) is 30.3 Å². The quantitative estimate of drug-likeness (QED) is 0.136. The van der Waals surface area contributed by atoms with E-state index in [1.165, 1.54) is 0 Å². The Bertz CT molecular complexity index is 2230. The SMILES string of the molecule is C=CC1=C(C)c2cc3[n-]c(cc4nc(cc5[n-]c(cc1n2)c(C)c5CCC(=O)O)C(CCC(=O)O)=C4C)c(C)c3C=C.Clc1cc[c-]cc1.[Fe]. The Balaban J connectivity index is 0.000000627. The first-order chi connectivity index (χ1) is 23.4. The number of fused-ring (bicyclic) bond motifs is 8. The van der Waals surface area contributed by atoms with Gasteiger partial charge in [-0.05, 0) is 62.8 Å². The first-order valence-electron chi connectivity index (χ1n) is 15.8. The Morgan fingerprint density at radius 2 is 1.30 bits per heavy atom. The van der Waals surface area contributed by atoms with Crippen LogP contribution in [0, 0.1) is 19.9 Å².